The van der Waals surface area contributed by atoms with Crippen LogP contribution >= 0.6 is 0 Å². The third-order valence-electron chi connectivity index (χ3n) is 2.54. The van der Waals surface area contributed by atoms with Gasteiger partial charge in [0.25, 0.3) is 0 Å². The van der Waals surface area contributed by atoms with Crippen LogP contribution in [0.15, 0.2) is 24.3 Å². The Morgan fingerprint density at radius 1 is 1.22 bits per heavy atom. The molecule has 5 heteroatoms. The number of hydrogen-bond acceptors (Lipinski definition) is 4. The second kappa shape index (κ2) is 5.00. The monoisotopic (exact) mass is 247 g/mol. The summed E-state index contributed by atoms with van der Waals surface area (Å²) in [5, 5.41) is 12.3. The van der Waals surface area contributed by atoms with E-state index in [9.17, 15) is 9.50 Å². The summed E-state index contributed by atoms with van der Waals surface area (Å²) in [5.41, 5.74) is 1.31. The van der Waals surface area contributed by atoms with Gasteiger partial charge in [-0.1, -0.05) is 6.92 Å². The first-order chi connectivity index (χ1) is 8.62. The molecule has 94 valence electrons. The SMILES string of the molecule is CCc1cc(NC)nc(-c2cc(O)cc(F)c2)n1. The molecule has 2 aromatic rings. The van der Waals surface area contributed by atoms with Gasteiger partial charge >= 0.3 is 0 Å². The van der Waals surface area contributed by atoms with E-state index >= 15 is 0 Å². The minimum atomic E-state index is -0.512. The molecule has 2 N–H and O–H groups in total. The van der Waals surface area contributed by atoms with Gasteiger partial charge in [0, 0.05) is 30.4 Å². The highest BCUT2D eigenvalue weighted by Crippen LogP contribution is 2.23. The van der Waals surface area contributed by atoms with E-state index < -0.39 is 5.82 Å². The minimum Gasteiger partial charge on any atom is -0.508 e. The van der Waals surface area contributed by atoms with Crippen molar-refractivity contribution in [2.75, 3.05) is 12.4 Å². The van der Waals surface area contributed by atoms with Crippen LogP contribution in [-0.2, 0) is 6.42 Å². The van der Waals surface area contributed by atoms with Crippen LogP contribution in [0.2, 0.25) is 0 Å². The highest BCUT2D eigenvalue weighted by Gasteiger charge is 2.08. The molecule has 0 radical (unpaired) electrons. The molecule has 0 aliphatic rings. The number of hydrogen-bond donors (Lipinski definition) is 2. The maximum absolute atomic E-state index is 13.2. The summed E-state index contributed by atoms with van der Waals surface area (Å²) in [7, 11) is 1.76. The normalized spacial score (nSPS) is 10.4. The average molecular weight is 247 g/mol. The zero-order chi connectivity index (χ0) is 13.1. The first-order valence-corrected chi connectivity index (χ1v) is 5.68. The molecule has 0 saturated heterocycles. The van der Waals surface area contributed by atoms with Crippen LogP contribution in [0.25, 0.3) is 11.4 Å². The number of phenols is 1. The number of aromatic hydroxyl groups is 1. The molecule has 0 atom stereocenters. The van der Waals surface area contributed by atoms with Crippen molar-refractivity contribution < 1.29 is 9.50 Å². The van der Waals surface area contributed by atoms with Crippen molar-refractivity contribution in [3.63, 3.8) is 0 Å². The fraction of sp³-hybridized carbons (Fsp3) is 0.231. The molecule has 0 aliphatic heterocycles. The van der Waals surface area contributed by atoms with E-state index in [0.29, 0.717) is 17.2 Å². The summed E-state index contributed by atoms with van der Waals surface area (Å²) >= 11 is 0. The smallest absolute Gasteiger partial charge is 0.161 e. The fourth-order valence-corrected chi connectivity index (χ4v) is 1.64. The van der Waals surface area contributed by atoms with E-state index in [-0.39, 0.29) is 5.75 Å². The summed E-state index contributed by atoms with van der Waals surface area (Å²) in [4.78, 5) is 8.58. The number of phenolic OH excluding ortho intramolecular Hbond substituents is 1. The number of benzene rings is 1. The lowest BCUT2D eigenvalue weighted by Gasteiger charge is -2.07. The maximum Gasteiger partial charge on any atom is 0.161 e. The zero-order valence-corrected chi connectivity index (χ0v) is 10.2. The summed E-state index contributed by atoms with van der Waals surface area (Å²) in [5.74, 6) is 0.414. The van der Waals surface area contributed by atoms with Crippen molar-refractivity contribution in [2.24, 2.45) is 0 Å². The maximum atomic E-state index is 13.2. The Morgan fingerprint density at radius 3 is 2.61 bits per heavy atom. The molecule has 0 aliphatic carbocycles. The van der Waals surface area contributed by atoms with Crippen LogP contribution in [0.4, 0.5) is 10.2 Å². The molecule has 0 fully saturated rings. The molecule has 1 aromatic carbocycles. The number of nitrogens with zero attached hydrogens (tertiary/aromatic N) is 2. The highest BCUT2D eigenvalue weighted by molar-refractivity contribution is 5.59. The topological polar surface area (TPSA) is 58.0 Å². The standard InChI is InChI=1S/C13H14FN3O/c1-3-10-7-12(15-2)17-13(16-10)8-4-9(14)6-11(18)5-8/h4-7,18H,3H2,1-2H3,(H,15,16,17). The van der Waals surface area contributed by atoms with Crippen molar-refractivity contribution in [1.29, 1.82) is 0 Å². The largest absolute Gasteiger partial charge is 0.508 e. The van der Waals surface area contributed by atoms with E-state index in [1.54, 1.807) is 7.05 Å². The van der Waals surface area contributed by atoms with Crippen LogP contribution in [0.5, 0.6) is 5.75 Å². The Morgan fingerprint density at radius 2 is 2.00 bits per heavy atom. The quantitative estimate of drug-likeness (QED) is 0.875. The van der Waals surface area contributed by atoms with Gasteiger partial charge in [-0.05, 0) is 18.6 Å². The molecule has 0 unspecified atom stereocenters. The second-order valence-electron chi connectivity index (χ2n) is 3.87. The summed E-state index contributed by atoms with van der Waals surface area (Å²) in [6, 6.07) is 5.63. The molecule has 0 bridgehead atoms. The first kappa shape index (κ1) is 12.3. The Labute approximate surface area is 105 Å². The highest BCUT2D eigenvalue weighted by atomic mass is 19.1. The van der Waals surface area contributed by atoms with E-state index in [1.807, 2.05) is 13.0 Å². The van der Waals surface area contributed by atoms with Gasteiger partial charge in [-0.2, -0.15) is 0 Å². The number of anilines is 1. The Balaban J connectivity index is 2.55. The molecule has 0 amide bonds. The van der Waals surface area contributed by atoms with Gasteiger partial charge in [0.05, 0.1) is 0 Å². The molecular formula is C13H14FN3O. The summed E-state index contributed by atoms with van der Waals surface area (Å²) < 4.78 is 13.2. The lowest BCUT2D eigenvalue weighted by molar-refractivity contribution is 0.469. The Bertz CT molecular complexity index is 530. The number of aryl methyl sites for hydroxylation is 1. The van der Waals surface area contributed by atoms with Gasteiger partial charge < -0.3 is 10.4 Å². The predicted molar refractivity (Wildman–Crippen MR) is 68.0 cm³/mol. The lowest BCUT2D eigenvalue weighted by atomic mass is 10.2. The first-order valence-electron chi connectivity index (χ1n) is 5.68. The van der Waals surface area contributed by atoms with Crippen molar-refractivity contribution in [2.45, 2.75) is 13.3 Å². The number of rotatable bonds is 3. The molecular weight excluding hydrogens is 233 g/mol. The van der Waals surface area contributed by atoms with Crippen LogP contribution in [-0.4, -0.2) is 22.1 Å². The van der Waals surface area contributed by atoms with Crippen molar-refractivity contribution >= 4 is 5.82 Å². The molecule has 1 aromatic heterocycles. The molecule has 2 rings (SSSR count). The average Bonchev–Trinajstić information content (AvgIpc) is 2.37. The second-order valence-corrected chi connectivity index (χ2v) is 3.87. The lowest BCUT2D eigenvalue weighted by Crippen LogP contribution is -2.00. The third kappa shape index (κ3) is 2.56. The van der Waals surface area contributed by atoms with E-state index in [4.69, 9.17) is 0 Å². The van der Waals surface area contributed by atoms with Gasteiger partial charge in [0.15, 0.2) is 5.82 Å². The third-order valence-corrected chi connectivity index (χ3v) is 2.54. The Hall–Kier alpha value is -2.17. The van der Waals surface area contributed by atoms with Gasteiger partial charge in [-0.3, -0.25) is 0 Å². The fourth-order valence-electron chi connectivity index (χ4n) is 1.64. The van der Waals surface area contributed by atoms with E-state index in [0.717, 1.165) is 18.2 Å². The van der Waals surface area contributed by atoms with Crippen molar-refractivity contribution in [3.05, 3.63) is 35.8 Å². The van der Waals surface area contributed by atoms with Crippen LogP contribution in [0.3, 0.4) is 0 Å². The van der Waals surface area contributed by atoms with Crippen molar-refractivity contribution in [1.82, 2.24) is 9.97 Å². The molecule has 1 heterocycles. The zero-order valence-electron chi connectivity index (χ0n) is 10.2. The number of halogens is 1. The van der Waals surface area contributed by atoms with E-state index in [2.05, 4.69) is 15.3 Å². The van der Waals surface area contributed by atoms with Gasteiger partial charge in [0.2, 0.25) is 0 Å². The number of aromatic nitrogens is 2. The molecule has 0 saturated carbocycles. The minimum absolute atomic E-state index is 0.137. The van der Waals surface area contributed by atoms with Crippen LogP contribution < -0.4 is 5.32 Å². The predicted octanol–water partition coefficient (Wildman–Crippen LogP) is 2.59. The Kier molecular flexibility index (Phi) is 3.41. The number of nitrogens with one attached hydrogen (secondary N) is 1. The van der Waals surface area contributed by atoms with Crippen LogP contribution in [0.1, 0.15) is 12.6 Å². The molecule has 4 nitrogen and oxygen atoms in total. The van der Waals surface area contributed by atoms with E-state index in [1.165, 1.54) is 12.1 Å². The summed E-state index contributed by atoms with van der Waals surface area (Å²) in [6.07, 6.45) is 0.755. The van der Waals surface area contributed by atoms with Gasteiger partial charge in [-0.25, -0.2) is 14.4 Å². The molecule has 18 heavy (non-hydrogen) atoms. The van der Waals surface area contributed by atoms with Gasteiger partial charge in [0.1, 0.15) is 17.4 Å². The molecule has 0 spiro atoms. The summed E-state index contributed by atoms with van der Waals surface area (Å²) in [6.45, 7) is 1.98. The van der Waals surface area contributed by atoms with Crippen LogP contribution in [0, 0.1) is 5.82 Å². The van der Waals surface area contributed by atoms with Crippen molar-refractivity contribution in [3.8, 4) is 17.1 Å². The van der Waals surface area contributed by atoms with Gasteiger partial charge in [-0.15, -0.1) is 0 Å².